The highest BCUT2D eigenvalue weighted by Gasteiger charge is 2.56. The van der Waals surface area contributed by atoms with Gasteiger partial charge in [0.05, 0.1) is 19.5 Å². The highest BCUT2D eigenvalue weighted by atomic mass is 35.6. The molecule has 0 aromatic heterocycles. The lowest BCUT2D eigenvalue weighted by Gasteiger charge is -2.49. The van der Waals surface area contributed by atoms with Gasteiger partial charge in [-0.3, -0.25) is 9.59 Å². The topological polar surface area (TPSA) is 69.6 Å². The Hall–Kier alpha value is -1.27. The number of carbonyl (C=O) groups is 2. The number of hydrogen-bond acceptors (Lipinski definition) is 3. The SMILES string of the molecule is C=CC(=O)Nc1ccccc1CC(=O)N1CC(O)(C(Cl)(Cl)Cl)C1. The lowest BCUT2D eigenvalue weighted by Crippen LogP contribution is -2.69. The number of carbonyl (C=O) groups excluding carboxylic acids is 2. The van der Waals surface area contributed by atoms with E-state index in [0.717, 1.165) is 6.08 Å². The zero-order valence-corrected chi connectivity index (χ0v) is 14.3. The van der Waals surface area contributed by atoms with E-state index in [9.17, 15) is 14.7 Å². The lowest BCUT2D eigenvalue weighted by atomic mass is 9.95. The summed E-state index contributed by atoms with van der Waals surface area (Å²) in [6.07, 6.45) is 1.21. The van der Waals surface area contributed by atoms with Crippen molar-refractivity contribution in [3.05, 3.63) is 42.5 Å². The van der Waals surface area contributed by atoms with Gasteiger partial charge in [0, 0.05) is 5.69 Å². The van der Waals surface area contributed by atoms with Crippen LogP contribution in [-0.4, -0.2) is 44.3 Å². The molecule has 8 heteroatoms. The number of amides is 2. The highest BCUT2D eigenvalue weighted by molar-refractivity contribution is 6.68. The zero-order chi connectivity index (χ0) is 17.3. The third kappa shape index (κ3) is 3.98. The van der Waals surface area contributed by atoms with Crippen LogP contribution in [-0.2, 0) is 16.0 Å². The Labute approximate surface area is 148 Å². The van der Waals surface area contributed by atoms with Crippen LogP contribution in [0.4, 0.5) is 5.69 Å². The number of anilines is 1. The third-order valence-electron chi connectivity index (χ3n) is 3.59. The molecule has 1 aliphatic heterocycles. The summed E-state index contributed by atoms with van der Waals surface area (Å²) in [4.78, 5) is 25.1. The van der Waals surface area contributed by atoms with Crippen molar-refractivity contribution in [2.75, 3.05) is 18.4 Å². The molecule has 5 nitrogen and oxygen atoms in total. The average molecular weight is 378 g/mol. The molecule has 124 valence electrons. The van der Waals surface area contributed by atoms with Gasteiger partial charge in [-0.05, 0) is 17.7 Å². The van der Waals surface area contributed by atoms with E-state index < -0.39 is 9.39 Å². The van der Waals surface area contributed by atoms with Crippen molar-refractivity contribution in [3.8, 4) is 0 Å². The van der Waals surface area contributed by atoms with E-state index in [1.165, 1.54) is 4.90 Å². The Morgan fingerprint density at radius 2 is 1.96 bits per heavy atom. The minimum Gasteiger partial charge on any atom is -0.382 e. The molecule has 0 unspecified atom stereocenters. The van der Waals surface area contributed by atoms with Crippen molar-refractivity contribution in [1.29, 1.82) is 0 Å². The lowest BCUT2D eigenvalue weighted by molar-refractivity contribution is -0.153. The number of nitrogens with one attached hydrogen (secondary N) is 1. The second-order valence-electron chi connectivity index (χ2n) is 5.31. The fourth-order valence-corrected chi connectivity index (χ4v) is 2.55. The van der Waals surface area contributed by atoms with Crippen molar-refractivity contribution in [2.45, 2.75) is 15.8 Å². The molecule has 1 aliphatic rings. The number of nitrogens with zero attached hydrogens (tertiary/aromatic N) is 1. The molecule has 1 saturated heterocycles. The molecule has 0 saturated carbocycles. The van der Waals surface area contributed by atoms with E-state index in [1.807, 2.05) is 0 Å². The predicted octanol–water partition coefficient (Wildman–Crippen LogP) is 2.30. The van der Waals surface area contributed by atoms with Gasteiger partial charge >= 0.3 is 0 Å². The van der Waals surface area contributed by atoms with Gasteiger partial charge in [0.2, 0.25) is 15.6 Å². The first-order chi connectivity index (χ1) is 10.7. The smallest absolute Gasteiger partial charge is 0.247 e. The predicted molar refractivity (Wildman–Crippen MR) is 90.8 cm³/mol. The minimum absolute atomic E-state index is 0.0521. The number of alkyl halides is 3. The van der Waals surface area contributed by atoms with Crippen molar-refractivity contribution in [3.63, 3.8) is 0 Å². The molecule has 23 heavy (non-hydrogen) atoms. The molecule has 0 radical (unpaired) electrons. The summed E-state index contributed by atoms with van der Waals surface area (Å²) in [6.45, 7) is 3.28. The largest absolute Gasteiger partial charge is 0.382 e. The highest BCUT2D eigenvalue weighted by Crippen LogP contribution is 2.43. The van der Waals surface area contributed by atoms with E-state index in [4.69, 9.17) is 34.8 Å². The number of likely N-dealkylation sites (tertiary alicyclic amines) is 1. The molecule has 0 spiro atoms. The second-order valence-corrected chi connectivity index (χ2v) is 7.59. The Morgan fingerprint density at radius 1 is 1.35 bits per heavy atom. The summed E-state index contributed by atoms with van der Waals surface area (Å²) in [5.41, 5.74) is -0.357. The third-order valence-corrected chi connectivity index (χ3v) is 4.64. The van der Waals surface area contributed by atoms with Crippen LogP contribution >= 0.6 is 34.8 Å². The van der Waals surface area contributed by atoms with Crippen LogP contribution in [0.15, 0.2) is 36.9 Å². The van der Waals surface area contributed by atoms with E-state index in [1.54, 1.807) is 24.3 Å². The normalized spacial score (nSPS) is 16.4. The van der Waals surface area contributed by atoms with Gasteiger partial charge in [0.1, 0.15) is 5.60 Å². The van der Waals surface area contributed by atoms with E-state index >= 15 is 0 Å². The van der Waals surface area contributed by atoms with Crippen LogP contribution in [0.5, 0.6) is 0 Å². The number of para-hydroxylation sites is 1. The zero-order valence-electron chi connectivity index (χ0n) is 12.1. The summed E-state index contributed by atoms with van der Waals surface area (Å²) in [5.74, 6) is -0.594. The first kappa shape index (κ1) is 18.1. The molecule has 2 amide bonds. The van der Waals surface area contributed by atoms with Gasteiger partial charge in [0.15, 0.2) is 0 Å². The van der Waals surface area contributed by atoms with Gasteiger partial charge < -0.3 is 15.3 Å². The van der Waals surface area contributed by atoms with Gasteiger partial charge in [-0.2, -0.15) is 0 Å². The minimum atomic E-state index is -1.85. The van der Waals surface area contributed by atoms with Crippen LogP contribution in [0, 0.1) is 0 Å². The molecule has 1 aromatic carbocycles. The van der Waals surface area contributed by atoms with Crippen molar-refractivity contribution in [1.82, 2.24) is 4.90 Å². The molecule has 1 fully saturated rings. The molecule has 0 atom stereocenters. The molecular weight excluding hydrogens is 363 g/mol. The fourth-order valence-electron chi connectivity index (χ4n) is 2.20. The molecule has 1 aromatic rings. The van der Waals surface area contributed by atoms with Crippen LogP contribution in [0.3, 0.4) is 0 Å². The standard InChI is InChI=1S/C15H15Cl3N2O3/c1-2-12(21)19-11-6-4-3-5-10(11)7-13(22)20-8-14(23,9-20)15(16,17)18/h2-6,23H,1,7-9H2,(H,19,21). The summed E-state index contributed by atoms with van der Waals surface area (Å²) < 4.78 is -1.85. The first-order valence-corrected chi connectivity index (χ1v) is 7.88. The van der Waals surface area contributed by atoms with Crippen molar-refractivity contribution < 1.29 is 14.7 Å². The summed E-state index contributed by atoms with van der Waals surface area (Å²) in [5, 5.41) is 12.7. The monoisotopic (exact) mass is 376 g/mol. The number of hydrogen-bond donors (Lipinski definition) is 2. The van der Waals surface area contributed by atoms with E-state index in [-0.39, 0.29) is 31.3 Å². The Bertz CT molecular complexity index is 637. The Balaban J connectivity index is 2.03. The average Bonchev–Trinajstić information content (AvgIpc) is 2.44. The second kappa shape index (κ2) is 6.69. The van der Waals surface area contributed by atoms with Crippen LogP contribution < -0.4 is 5.32 Å². The molecule has 2 rings (SSSR count). The molecular formula is C15H15Cl3N2O3. The maximum absolute atomic E-state index is 12.3. The number of halogens is 3. The maximum Gasteiger partial charge on any atom is 0.247 e. The molecule has 2 N–H and O–H groups in total. The fraction of sp³-hybridized carbons (Fsp3) is 0.333. The van der Waals surface area contributed by atoms with Crippen molar-refractivity contribution in [2.24, 2.45) is 0 Å². The number of rotatable bonds is 4. The summed E-state index contributed by atoms with van der Waals surface area (Å²) in [7, 11) is 0. The van der Waals surface area contributed by atoms with Gasteiger partial charge in [0.25, 0.3) is 0 Å². The van der Waals surface area contributed by atoms with E-state index in [2.05, 4.69) is 11.9 Å². The maximum atomic E-state index is 12.3. The van der Waals surface area contributed by atoms with Crippen LogP contribution in [0.25, 0.3) is 0 Å². The molecule has 0 aliphatic carbocycles. The van der Waals surface area contributed by atoms with Crippen LogP contribution in [0.2, 0.25) is 0 Å². The Morgan fingerprint density at radius 3 is 2.52 bits per heavy atom. The summed E-state index contributed by atoms with van der Waals surface area (Å²) >= 11 is 17.1. The van der Waals surface area contributed by atoms with Crippen LogP contribution in [0.1, 0.15) is 5.56 Å². The Kier molecular flexibility index (Phi) is 5.26. The number of aliphatic hydroxyl groups is 1. The molecule has 1 heterocycles. The quantitative estimate of drug-likeness (QED) is 0.625. The first-order valence-electron chi connectivity index (χ1n) is 6.74. The van der Waals surface area contributed by atoms with E-state index in [0.29, 0.717) is 11.3 Å². The number of β-amino-alcohol motifs (C(OH)–C–C–N with tert-alkyl or cyclic N) is 1. The molecule has 0 bridgehead atoms. The summed E-state index contributed by atoms with van der Waals surface area (Å²) in [6, 6.07) is 6.94. The number of benzene rings is 1. The van der Waals surface area contributed by atoms with Crippen molar-refractivity contribution >= 4 is 52.3 Å². The van der Waals surface area contributed by atoms with Gasteiger partial charge in [-0.1, -0.05) is 59.6 Å². The van der Waals surface area contributed by atoms with Gasteiger partial charge in [-0.25, -0.2) is 0 Å². The van der Waals surface area contributed by atoms with Gasteiger partial charge in [-0.15, -0.1) is 0 Å².